The van der Waals surface area contributed by atoms with Gasteiger partial charge in [-0.1, -0.05) is 60.2 Å². The second kappa shape index (κ2) is 9.42. The van der Waals surface area contributed by atoms with E-state index in [0.29, 0.717) is 5.69 Å². The third-order valence-corrected chi connectivity index (χ3v) is 5.68. The van der Waals surface area contributed by atoms with E-state index in [1.54, 1.807) is 6.08 Å². The van der Waals surface area contributed by atoms with Crippen LogP contribution in [0.2, 0.25) is 0 Å². The summed E-state index contributed by atoms with van der Waals surface area (Å²) < 4.78 is 2.13. The van der Waals surface area contributed by atoms with Crippen LogP contribution in [0.15, 0.2) is 90.5 Å². The Labute approximate surface area is 194 Å². The zero-order chi connectivity index (χ0) is 23.4. The number of hydrogen-bond acceptors (Lipinski definition) is 2. The van der Waals surface area contributed by atoms with Crippen LogP contribution in [-0.4, -0.2) is 10.5 Å². The van der Waals surface area contributed by atoms with E-state index >= 15 is 0 Å². The van der Waals surface area contributed by atoms with E-state index in [0.717, 1.165) is 33.8 Å². The number of anilines is 1. The maximum atomic E-state index is 12.7. The molecule has 1 N–H and O–H groups in total. The molecule has 3 aromatic carbocycles. The number of nitrogens with one attached hydrogen (secondary N) is 1. The number of aromatic nitrogens is 1. The van der Waals surface area contributed by atoms with Crippen LogP contribution in [-0.2, 0) is 4.79 Å². The van der Waals surface area contributed by atoms with E-state index in [4.69, 9.17) is 0 Å². The Morgan fingerprint density at radius 1 is 0.879 bits per heavy atom. The molecule has 1 heterocycles. The Kier molecular flexibility index (Phi) is 6.24. The molecule has 1 aromatic heterocycles. The van der Waals surface area contributed by atoms with Gasteiger partial charge in [-0.2, -0.15) is 5.26 Å². The number of amides is 1. The van der Waals surface area contributed by atoms with Gasteiger partial charge in [0.2, 0.25) is 0 Å². The second-order valence-corrected chi connectivity index (χ2v) is 8.06. The van der Waals surface area contributed by atoms with E-state index in [9.17, 15) is 10.1 Å². The number of benzene rings is 3. The van der Waals surface area contributed by atoms with Crippen molar-refractivity contribution in [3.8, 4) is 22.9 Å². The zero-order valence-electron chi connectivity index (χ0n) is 19.0. The highest BCUT2D eigenvalue weighted by Crippen LogP contribution is 2.26. The lowest BCUT2D eigenvalue weighted by Crippen LogP contribution is -2.13. The number of nitrogens with zero attached hydrogens (tertiary/aromatic N) is 2. The van der Waals surface area contributed by atoms with Crippen molar-refractivity contribution in [2.75, 3.05) is 5.32 Å². The topological polar surface area (TPSA) is 57.8 Å². The monoisotopic (exact) mass is 431 g/mol. The highest BCUT2D eigenvalue weighted by atomic mass is 16.1. The average Bonchev–Trinajstić information content (AvgIpc) is 3.12. The first-order valence-electron chi connectivity index (χ1n) is 10.8. The van der Waals surface area contributed by atoms with Crippen LogP contribution < -0.4 is 5.32 Å². The molecule has 4 nitrogen and oxygen atoms in total. The summed E-state index contributed by atoms with van der Waals surface area (Å²) in [5.74, 6) is -0.418. The van der Waals surface area contributed by atoms with Crippen molar-refractivity contribution < 1.29 is 4.79 Å². The van der Waals surface area contributed by atoms with E-state index in [1.165, 1.54) is 5.56 Å². The van der Waals surface area contributed by atoms with Crippen LogP contribution in [0.5, 0.6) is 0 Å². The number of carbonyl (C=O) groups excluding carboxylic acids is 1. The average molecular weight is 432 g/mol. The molecule has 0 saturated carbocycles. The molecule has 0 spiro atoms. The van der Waals surface area contributed by atoms with Gasteiger partial charge in [0, 0.05) is 22.8 Å². The number of carbonyl (C=O) groups is 1. The summed E-state index contributed by atoms with van der Waals surface area (Å²) in [6.45, 7) is 6.00. The van der Waals surface area contributed by atoms with Gasteiger partial charge in [0.1, 0.15) is 11.6 Å². The molecular weight excluding hydrogens is 406 g/mol. The maximum Gasteiger partial charge on any atom is 0.266 e. The van der Waals surface area contributed by atoms with Gasteiger partial charge >= 0.3 is 0 Å². The molecule has 162 valence electrons. The Hall–Kier alpha value is -4.36. The van der Waals surface area contributed by atoms with Gasteiger partial charge in [0.05, 0.1) is 0 Å². The number of nitriles is 1. The zero-order valence-corrected chi connectivity index (χ0v) is 19.0. The Bertz CT molecular complexity index is 1350. The molecule has 4 aromatic rings. The highest BCUT2D eigenvalue weighted by Gasteiger charge is 2.14. The molecule has 0 aliphatic rings. The number of rotatable bonds is 5. The van der Waals surface area contributed by atoms with E-state index in [2.05, 4.69) is 46.3 Å². The van der Waals surface area contributed by atoms with Gasteiger partial charge < -0.3 is 9.88 Å². The van der Waals surface area contributed by atoms with Crippen LogP contribution in [0.25, 0.3) is 22.9 Å². The summed E-state index contributed by atoms with van der Waals surface area (Å²) in [7, 11) is 0. The van der Waals surface area contributed by atoms with Gasteiger partial charge in [-0.05, 0) is 73.9 Å². The molecule has 0 unspecified atom stereocenters. The first kappa shape index (κ1) is 21.9. The molecule has 4 heteroatoms. The van der Waals surface area contributed by atoms with Crippen LogP contribution >= 0.6 is 0 Å². The Balaban J connectivity index is 1.61. The van der Waals surface area contributed by atoms with E-state index < -0.39 is 5.91 Å². The minimum atomic E-state index is -0.418. The summed E-state index contributed by atoms with van der Waals surface area (Å²) >= 11 is 0. The van der Waals surface area contributed by atoms with Crippen molar-refractivity contribution in [1.82, 2.24) is 4.57 Å². The molecule has 4 rings (SSSR count). The van der Waals surface area contributed by atoms with Crippen molar-refractivity contribution in [3.63, 3.8) is 0 Å². The molecule has 1 amide bonds. The predicted octanol–water partition coefficient (Wildman–Crippen LogP) is 6.62. The first-order chi connectivity index (χ1) is 16.0. The molecule has 0 saturated heterocycles. The third kappa shape index (κ3) is 4.78. The van der Waals surface area contributed by atoms with Crippen LogP contribution in [0.3, 0.4) is 0 Å². The smallest absolute Gasteiger partial charge is 0.266 e. The van der Waals surface area contributed by atoms with Gasteiger partial charge in [0.15, 0.2) is 0 Å². The lowest BCUT2D eigenvalue weighted by molar-refractivity contribution is -0.112. The Morgan fingerprint density at radius 2 is 1.52 bits per heavy atom. The molecular formula is C29H25N3O. The lowest BCUT2D eigenvalue weighted by atomic mass is 10.1. The molecule has 0 fully saturated rings. The van der Waals surface area contributed by atoms with Gasteiger partial charge in [-0.15, -0.1) is 0 Å². The van der Waals surface area contributed by atoms with Crippen LogP contribution in [0.1, 0.15) is 22.5 Å². The molecule has 0 bridgehead atoms. The Morgan fingerprint density at radius 3 is 2.15 bits per heavy atom. The van der Waals surface area contributed by atoms with E-state index in [1.807, 2.05) is 75.4 Å². The number of aryl methyl sites for hydroxylation is 2. The fraction of sp³-hybridized carbons (Fsp3) is 0.103. The first-order valence-corrected chi connectivity index (χ1v) is 10.8. The standard InChI is InChI=1S/C29H25N3O/c1-20-9-13-27(14-10-20)31-29(33)26(19-30)18-25-17-21(2)32(22(25)3)28-15-11-24(12-16-28)23-7-5-4-6-8-23/h4-18H,1-3H3,(H,31,33)/b26-18+. The quantitative estimate of drug-likeness (QED) is 0.285. The van der Waals surface area contributed by atoms with Crippen molar-refractivity contribution in [2.45, 2.75) is 20.8 Å². The number of hydrogen-bond donors (Lipinski definition) is 1. The van der Waals surface area contributed by atoms with Crippen LogP contribution in [0, 0.1) is 32.1 Å². The molecule has 33 heavy (non-hydrogen) atoms. The predicted molar refractivity (Wildman–Crippen MR) is 134 cm³/mol. The molecule has 0 atom stereocenters. The molecule has 0 aliphatic heterocycles. The minimum Gasteiger partial charge on any atom is -0.321 e. The van der Waals surface area contributed by atoms with Crippen molar-refractivity contribution in [1.29, 1.82) is 5.26 Å². The SMILES string of the molecule is Cc1ccc(NC(=O)/C(C#N)=C/c2cc(C)n(-c3ccc(-c4ccccc4)cc3)c2C)cc1. The lowest BCUT2D eigenvalue weighted by Gasteiger charge is -2.11. The fourth-order valence-electron chi connectivity index (χ4n) is 3.90. The second-order valence-electron chi connectivity index (χ2n) is 8.06. The fourth-order valence-corrected chi connectivity index (χ4v) is 3.90. The van der Waals surface area contributed by atoms with Crippen molar-refractivity contribution in [3.05, 3.63) is 113 Å². The van der Waals surface area contributed by atoms with E-state index in [-0.39, 0.29) is 5.57 Å². The third-order valence-electron chi connectivity index (χ3n) is 5.68. The summed E-state index contributed by atoms with van der Waals surface area (Å²) in [6.07, 6.45) is 1.65. The van der Waals surface area contributed by atoms with Crippen molar-refractivity contribution in [2.24, 2.45) is 0 Å². The van der Waals surface area contributed by atoms with Gasteiger partial charge in [-0.3, -0.25) is 4.79 Å². The summed E-state index contributed by atoms with van der Waals surface area (Å²) in [4.78, 5) is 12.7. The highest BCUT2D eigenvalue weighted by molar-refractivity contribution is 6.09. The van der Waals surface area contributed by atoms with Gasteiger partial charge in [-0.25, -0.2) is 0 Å². The van der Waals surface area contributed by atoms with Crippen molar-refractivity contribution >= 4 is 17.7 Å². The van der Waals surface area contributed by atoms with Crippen LogP contribution in [0.4, 0.5) is 5.69 Å². The summed E-state index contributed by atoms with van der Waals surface area (Å²) in [5.41, 5.74) is 8.04. The summed E-state index contributed by atoms with van der Waals surface area (Å²) in [6, 6.07) is 30.2. The summed E-state index contributed by atoms with van der Waals surface area (Å²) in [5, 5.41) is 12.4. The minimum absolute atomic E-state index is 0.0650. The molecule has 0 aliphatic carbocycles. The normalized spacial score (nSPS) is 11.2. The maximum absolute atomic E-state index is 12.7. The van der Waals surface area contributed by atoms with Gasteiger partial charge in [0.25, 0.3) is 5.91 Å². The largest absolute Gasteiger partial charge is 0.321 e. The molecule has 0 radical (unpaired) electrons.